The monoisotopic (exact) mass is 357 g/mol. The summed E-state index contributed by atoms with van der Waals surface area (Å²) >= 11 is 0. The molecule has 2 aliphatic rings. The van der Waals surface area contributed by atoms with Gasteiger partial charge >= 0.3 is 0 Å². The molecule has 1 unspecified atom stereocenters. The number of hydrogen-bond donors (Lipinski definition) is 1. The maximum atomic E-state index is 12.9. The topological polar surface area (TPSA) is 76.8 Å². The number of hydrogen-bond acceptors (Lipinski definition) is 5. The van der Waals surface area contributed by atoms with E-state index in [-0.39, 0.29) is 11.8 Å². The van der Waals surface area contributed by atoms with Gasteiger partial charge in [0.2, 0.25) is 0 Å². The van der Waals surface area contributed by atoms with Crippen LogP contribution in [-0.4, -0.2) is 51.8 Å². The molecule has 1 atom stereocenters. The van der Waals surface area contributed by atoms with Crippen LogP contribution in [-0.2, 0) is 7.05 Å². The minimum atomic E-state index is -0.603. The molecule has 2 aliphatic heterocycles. The Labute approximate surface area is 152 Å². The van der Waals surface area contributed by atoms with E-state index < -0.39 is 6.10 Å². The van der Waals surface area contributed by atoms with E-state index in [1.165, 1.54) is 0 Å². The summed E-state index contributed by atoms with van der Waals surface area (Å²) in [5.74, 6) is 1.90. The van der Waals surface area contributed by atoms with Gasteiger partial charge in [0.15, 0.2) is 11.5 Å². The van der Waals surface area contributed by atoms with E-state index in [0.29, 0.717) is 49.2 Å². The lowest BCUT2D eigenvalue weighted by Gasteiger charge is -2.34. The van der Waals surface area contributed by atoms with Crippen molar-refractivity contribution >= 4 is 5.91 Å². The van der Waals surface area contributed by atoms with Crippen LogP contribution in [0.15, 0.2) is 30.6 Å². The lowest BCUT2D eigenvalue weighted by atomic mass is 9.90. The molecule has 7 heteroatoms. The van der Waals surface area contributed by atoms with E-state index in [1.807, 2.05) is 34.8 Å². The zero-order chi connectivity index (χ0) is 18.1. The third kappa shape index (κ3) is 3.03. The number of nitrogens with zero attached hydrogens (tertiary/aromatic N) is 3. The van der Waals surface area contributed by atoms with E-state index in [4.69, 9.17) is 9.47 Å². The van der Waals surface area contributed by atoms with E-state index in [9.17, 15) is 9.90 Å². The fraction of sp³-hybridized carbons (Fsp3) is 0.474. The lowest BCUT2D eigenvalue weighted by molar-refractivity contribution is 0.0416. The quantitative estimate of drug-likeness (QED) is 0.906. The zero-order valence-corrected chi connectivity index (χ0v) is 14.8. The predicted octanol–water partition coefficient (Wildman–Crippen LogP) is 1.78. The number of amides is 1. The summed E-state index contributed by atoms with van der Waals surface area (Å²) in [7, 11) is 1.88. The Kier molecular flexibility index (Phi) is 4.55. The van der Waals surface area contributed by atoms with Crippen LogP contribution in [0.25, 0.3) is 0 Å². The third-order valence-electron chi connectivity index (χ3n) is 5.19. The predicted molar refractivity (Wildman–Crippen MR) is 94.2 cm³/mol. The van der Waals surface area contributed by atoms with Crippen molar-refractivity contribution in [3.63, 3.8) is 0 Å². The summed E-state index contributed by atoms with van der Waals surface area (Å²) in [6, 6.07) is 5.42. The van der Waals surface area contributed by atoms with Crippen LogP contribution in [0.4, 0.5) is 0 Å². The maximum absolute atomic E-state index is 12.9. The van der Waals surface area contributed by atoms with Crippen LogP contribution in [0.5, 0.6) is 11.5 Å². The highest BCUT2D eigenvalue weighted by atomic mass is 16.6. The number of ether oxygens (including phenoxy) is 2. The van der Waals surface area contributed by atoms with E-state index in [2.05, 4.69) is 4.98 Å². The van der Waals surface area contributed by atoms with Gasteiger partial charge in [0, 0.05) is 32.5 Å². The molecule has 4 rings (SSSR count). The molecule has 0 aliphatic carbocycles. The van der Waals surface area contributed by atoms with Gasteiger partial charge in [-0.05, 0) is 30.9 Å². The number of aliphatic hydroxyl groups excluding tert-OH is 1. The number of imidazole rings is 1. The summed E-state index contributed by atoms with van der Waals surface area (Å²) in [4.78, 5) is 19.0. The van der Waals surface area contributed by atoms with Crippen LogP contribution in [0.1, 0.15) is 35.1 Å². The van der Waals surface area contributed by atoms with Crippen LogP contribution in [0, 0.1) is 5.92 Å². The van der Waals surface area contributed by atoms with Crippen LogP contribution in [0.3, 0.4) is 0 Å². The molecule has 1 aromatic heterocycles. The first-order valence-corrected chi connectivity index (χ1v) is 8.98. The number of aryl methyl sites for hydroxylation is 1. The van der Waals surface area contributed by atoms with Gasteiger partial charge in [0.25, 0.3) is 5.91 Å². The van der Waals surface area contributed by atoms with E-state index >= 15 is 0 Å². The lowest BCUT2D eigenvalue weighted by Crippen LogP contribution is -2.40. The highest BCUT2D eigenvalue weighted by molar-refractivity contribution is 5.98. The van der Waals surface area contributed by atoms with Gasteiger partial charge in [-0.3, -0.25) is 4.79 Å². The van der Waals surface area contributed by atoms with E-state index in [0.717, 1.165) is 12.8 Å². The molecule has 3 heterocycles. The number of likely N-dealkylation sites (tertiary alicyclic amines) is 1. The fourth-order valence-corrected chi connectivity index (χ4v) is 3.70. The normalized spacial score (nSPS) is 18.6. The number of rotatable bonds is 3. The third-order valence-corrected chi connectivity index (χ3v) is 5.19. The number of aliphatic hydroxyl groups is 1. The van der Waals surface area contributed by atoms with Crippen molar-refractivity contribution in [1.29, 1.82) is 0 Å². The summed E-state index contributed by atoms with van der Waals surface area (Å²) in [5, 5.41) is 10.6. The van der Waals surface area contributed by atoms with E-state index in [1.54, 1.807) is 12.3 Å². The molecule has 1 fully saturated rings. The molecule has 0 bridgehead atoms. The summed E-state index contributed by atoms with van der Waals surface area (Å²) in [6.45, 7) is 2.17. The molecule has 0 spiro atoms. The molecule has 7 nitrogen and oxygen atoms in total. The number of carbonyl (C=O) groups excluding carboxylic acids is 1. The van der Waals surface area contributed by atoms with Gasteiger partial charge in [0.1, 0.15) is 25.1 Å². The summed E-state index contributed by atoms with van der Waals surface area (Å²) in [5.41, 5.74) is 0.547. The standard InChI is InChI=1S/C19H23N3O4/c1-21-10-7-20-18(21)16(23)13-5-8-22(9-6-13)19(24)14-3-2-4-15-17(14)26-12-11-25-15/h2-4,7,10,13,16,23H,5-6,8-9,11-12H2,1H3. The number of fused-ring (bicyclic) bond motifs is 1. The van der Waals surface area contributed by atoms with Crippen molar-refractivity contribution in [3.05, 3.63) is 42.0 Å². The second kappa shape index (κ2) is 6.99. The van der Waals surface area contributed by atoms with Gasteiger partial charge < -0.3 is 24.0 Å². The zero-order valence-electron chi connectivity index (χ0n) is 14.8. The van der Waals surface area contributed by atoms with Crippen molar-refractivity contribution in [1.82, 2.24) is 14.5 Å². The Morgan fingerprint density at radius 3 is 2.77 bits per heavy atom. The Hall–Kier alpha value is -2.54. The number of carbonyl (C=O) groups is 1. The Morgan fingerprint density at radius 1 is 1.27 bits per heavy atom. The second-order valence-corrected chi connectivity index (χ2v) is 6.80. The second-order valence-electron chi connectivity index (χ2n) is 6.80. The minimum absolute atomic E-state index is 0.0442. The fourth-order valence-electron chi connectivity index (χ4n) is 3.70. The van der Waals surface area contributed by atoms with Crippen LogP contribution < -0.4 is 9.47 Å². The van der Waals surface area contributed by atoms with Gasteiger partial charge in [-0.2, -0.15) is 0 Å². The summed E-state index contributed by atoms with van der Waals surface area (Å²) < 4.78 is 13.1. The number of aromatic nitrogens is 2. The van der Waals surface area contributed by atoms with Gasteiger partial charge in [-0.25, -0.2) is 4.98 Å². The summed E-state index contributed by atoms with van der Waals surface area (Å²) in [6.07, 6.45) is 4.40. The molecule has 1 amide bonds. The number of para-hydroxylation sites is 1. The molecule has 1 N–H and O–H groups in total. The number of piperidine rings is 1. The molecular formula is C19H23N3O4. The van der Waals surface area contributed by atoms with Crippen molar-refractivity contribution in [3.8, 4) is 11.5 Å². The molecule has 0 saturated carbocycles. The number of benzene rings is 1. The first-order valence-electron chi connectivity index (χ1n) is 8.98. The molecule has 26 heavy (non-hydrogen) atoms. The van der Waals surface area contributed by atoms with Crippen LogP contribution >= 0.6 is 0 Å². The Bertz CT molecular complexity index is 796. The molecular weight excluding hydrogens is 334 g/mol. The SMILES string of the molecule is Cn1ccnc1C(O)C1CCN(C(=O)c2cccc3c2OCCO3)CC1. The average Bonchev–Trinajstić information content (AvgIpc) is 3.12. The Balaban J connectivity index is 1.44. The molecule has 1 saturated heterocycles. The largest absolute Gasteiger partial charge is 0.486 e. The smallest absolute Gasteiger partial charge is 0.257 e. The highest BCUT2D eigenvalue weighted by Gasteiger charge is 2.32. The van der Waals surface area contributed by atoms with Crippen molar-refractivity contribution in [2.24, 2.45) is 13.0 Å². The van der Waals surface area contributed by atoms with Crippen molar-refractivity contribution in [2.45, 2.75) is 18.9 Å². The van der Waals surface area contributed by atoms with Crippen LogP contribution in [0.2, 0.25) is 0 Å². The van der Waals surface area contributed by atoms with Crippen molar-refractivity contribution in [2.75, 3.05) is 26.3 Å². The van der Waals surface area contributed by atoms with Gasteiger partial charge in [-0.15, -0.1) is 0 Å². The van der Waals surface area contributed by atoms with Gasteiger partial charge in [-0.1, -0.05) is 6.07 Å². The first kappa shape index (κ1) is 16.9. The molecule has 138 valence electrons. The Morgan fingerprint density at radius 2 is 2.04 bits per heavy atom. The molecule has 0 radical (unpaired) electrons. The van der Waals surface area contributed by atoms with Crippen molar-refractivity contribution < 1.29 is 19.4 Å². The maximum Gasteiger partial charge on any atom is 0.257 e. The minimum Gasteiger partial charge on any atom is -0.486 e. The molecule has 1 aromatic carbocycles. The average molecular weight is 357 g/mol. The first-order chi connectivity index (χ1) is 12.6. The molecule has 2 aromatic rings. The highest BCUT2D eigenvalue weighted by Crippen LogP contribution is 2.36. The van der Waals surface area contributed by atoms with Gasteiger partial charge in [0.05, 0.1) is 5.56 Å².